The van der Waals surface area contributed by atoms with Gasteiger partial charge in [-0.15, -0.1) is 0 Å². The van der Waals surface area contributed by atoms with Gasteiger partial charge in [-0.05, 0) is 38.1 Å². The third-order valence-electron chi connectivity index (χ3n) is 4.95. The summed E-state index contributed by atoms with van der Waals surface area (Å²) in [5.41, 5.74) is 1.60. The smallest absolute Gasteiger partial charge is 0.274 e. The second-order valence-electron chi connectivity index (χ2n) is 6.41. The van der Waals surface area contributed by atoms with Crippen molar-refractivity contribution in [3.05, 3.63) is 42.4 Å². The minimum absolute atomic E-state index is 0.0663. The number of methoxy groups -OCH3 is 1. The molecule has 1 aromatic heterocycles. The van der Waals surface area contributed by atoms with E-state index in [2.05, 4.69) is 31.9 Å². The maximum absolute atomic E-state index is 12.3. The standard InChI is InChI=1S/C20H27N5O2/c1-4-23(5-2)20(26)18-14-22-19(15-21-18)25-12-10-24(11-13-25)16-6-8-17(27-3)9-7-16/h6-9,14-15H,4-5,10-13H2,1-3H3. The highest BCUT2D eigenvalue weighted by Crippen LogP contribution is 2.22. The van der Waals surface area contributed by atoms with Crippen LogP contribution in [0.25, 0.3) is 0 Å². The Bertz CT molecular complexity index is 736. The number of benzene rings is 1. The number of hydrogen-bond acceptors (Lipinski definition) is 6. The summed E-state index contributed by atoms with van der Waals surface area (Å²) in [4.78, 5) is 27.5. The molecule has 1 aromatic carbocycles. The minimum atomic E-state index is -0.0663. The average Bonchev–Trinajstić information content (AvgIpc) is 2.75. The SMILES string of the molecule is CCN(CC)C(=O)c1cnc(N2CCN(c3ccc(OC)cc3)CC2)cn1. The summed E-state index contributed by atoms with van der Waals surface area (Å²) < 4.78 is 5.22. The van der Waals surface area contributed by atoms with E-state index < -0.39 is 0 Å². The second-order valence-corrected chi connectivity index (χ2v) is 6.41. The van der Waals surface area contributed by atoms with Crippen molar-refractivity contribution in [2.45, 2.75) is 13.8 Å². The third kappa shape index (κ3) is 4.30. The summed E-state index contributed by atoms with van der Waals surface area (Å²) in [6.07, 6.45) is 3.30. The topological polar surface area (TPSA) is 61.8 Å². The molecular weight excluding hydrogens is 342 g/mol. The molecule has 1 amide bonds. The number of rotatable bonds is 6. The molecule has 0 saturated carbocycles. The second kappa shape index (κ2) is 8.70. The predicted octanol–water partition coefficient (Wildman–Crippen LogP) is 2.29. The number of aromatic nitrogens is 2. The van der Waals surface area contributed by atoms with Crippen LogP contribution in [-0.4, -0.2) is 67.2 Å². The lowest BCUT2D eigenvalue weighted by Crippen LogP contribution is -2.46. The van der Waals surface area contributed by atoms with Crippen LogP contribution >= 0.6 is 0 Å². The van der Waals surface area contributed by atoms with Crippen molar-refractivity contribution in [3.8, 4) is 5.75 Å². The number of carbonyl (C=O) groups is 1. The van der Waals surface area contributed by atoms with E-state index in [1.165, 1.54) is 5.69 Å². The van der Waals surface area contributed by atoms with Crippen LogP contribution in [0.5, 0.6) is 5.75 Å². The van der Waals surface area contributed by atoms with E-state index >= 15 is 0 Å². The molecule has 0 spiro atoms. The van der Waals surface area contributed by atoms with Gasteiger partial charge >= 0.3 is 0 Å². The molecule has 1 fully saturated rings. The van der Waals surface area contributed by atoms with Gasteiger partial charge < -0.3 is 19.4 Å². The number of anilines is 2. The van der Waals surface area contributed by atoms with E-state index in [4.69, 9.17) is 4.74 Å². The van der Waals surface area contributed by atoms with Gasteiger partial charge in [0.15, 0.2) is 0 Å². The van der Waals surface area contributed by atoms with Crippen LogP contribution in [0, 0.1) is 0 Å². The van der Waals surface area contributed by atoms with Gasteiger partial charge in [-0.2, -0.15) is 0 Å². The lowest BCUT2D eigenvalue weighted by molar-refractivity contribution is 0.0766. The van der Waals surface area contributed by atoms with Crippen LogP contribution < -0.4 is 14.5 Å². The number of hydrogen-bond donors (Lipinski definition) is 0. The Morgan fingerprint density at radius 1 is 1.00 bits per heavy atom. The number of carbonyl (C=O) groups excluding carboxylic acids is 1. The van der Waals surface area contributed by atoms with Crippen LogP contribution in [0.3, 0.4) is 0 Å². The van der Waals surface area contributed by atoms with Crippen molar-refractivity contribution in [3.63, 3.8) is 0 Å². The van der Waals surface area contributed by atoms with Crippen LogP contribution in [0.2, 0.25) is 0 Å². The maximum Gasteiger partial charge on any atom is 0.274 e. The normalized spacial score (nSPS) is 14.2. The Hall–Kier alpha value is -2.83. The van der Waals surface area contributed by atoms with E-state index in [1.807, 2.05) is 26.0 Å². The predicted molar refractivity (Wildman–Crippen MR) is 107 cm³/mol. The van der Waals surface area contributed by atoms with E-state index in [0.717, 1.165) is 37.7 Å². The molecule has 2 heterocycles. The van der Waals surface area contributed by atoms with E-state index in [1.54, 1.807) is 24.4 Å². The lowest BCUT2D eigenvalue weighted by atomic mass is 10.2. The molecule has 7 nitrogen and oxygen atoms in total. The lowest BCUT2D eigenvalue weighted by Gasteiger charge is -2.36. The van der Waals surface area contributed by atoms with Crippen LogP contribution in [0.1, 0.15) is 24.3 Å². The molecule has 0 bridgehead atoms. The molecule has 2 aromatic rings. The average molecular weight is 369 g/mol. The summed E-state index contributed by atoms with van der Waals surface area (Å²) in [5.74, 6) is 1.62. The molecule has 7 heteroatoms. The summed E-state index contributed by atoms with van der Waals surface area (Å²) in [6.45, 7) is 8.82. The molecule has 3 rings (SSSR count). The fourth-order valence-corrected chi connectivity index (χ4v) is 3.25. The molecule has 0 radical (unpaired) electrons. The van der Waals surface area contributed by atoms with Gasteiger partial charge in [-0.3, -0.25) is 4.79 Å². The van der Waals surface area contributed by atoms with Gasteiger partial charge in [0.2, 0.25) is 0 Å². The largest absolute Gasteiger partial charge is 0.497 e. The van der Waals surface area contributed by atoms with Crippen molar-refractivity contribution in [2.24, 2.45) is 0 Å². The fraction of sp³-hybridized carbons (Fsp3) is 0.450. The Labute approximate surface area is 160 Å². The monoisotopic (exact) mass is 369 g/mol. The molecular formula is C20H27N5O2. The first-order valence-electron chi connectivity index (χ1n) is 9.41. The molecule has 27 heavy (non-hydrogen) atoms. The fourth-order valence-electron chi connectivity index (χ4n) is 3.25. The molecule has 0 atom stereocenters. The Morgan fingerprint density at radius 3 is 2.15 bits per heavy atom. The Kier molecular flexibility index (Phi) is 6.11. The zero-order chi connectivity index (χ0) is 19.2. The van der Waals surface area contributed by atoms with Crippen molar-refractivity contribution < 1.29 is 9.53 Å². The molecule has 1 saturated heterocycles. The Balaban J connectivity index is 1.59. The van der Waals surface area contributed by atoms with Gasteiger partial charge in [0, 0.05) is 45.0 Å². The van der Waals surface area contributed by atoms with Gasteiger partial charge in [0.1, 0.15) is 17.3 Å². The number of amides is 1. The third-order valence-corrected chi connectivity index (χ3v) is 4.95. The first-order chi connectivity index (χ1) is 13.2. The Morgan fingerprint density at radius 2 is 1.63 bits per heavy atom. The minimum Gasteiger partial charge on any atom is -0.497 e. The summed E-state index contributed by atoms with van der Waals surface area (Å²) >= 11 is 0. The first kappa shape index (κ1) is 18.9. The molecule has 1 aliphatic heterocycles. The number of piperazine rings is 1. The maximum atomic E-state index is 12.3. The zero-order valence-corrected chi connectivity index (χ0v) is 16.3. The van der Waals surface area contributed by atoms with Crippen molar-refractivity contribution in [1.29, 1.82) is 0 Å². The van der Waals surface area contributed by atoms with Crippen LogP contribution in [0.4, 0.5) is 11.5 Å². The molecule has 1 aliphatic rings. The first-order valence-corrected chi connectivity index (χ1v) is 9.41. The number of nitrogens with zero attached hydrogens (tertiary/aromatic N) is 5. The highest BCUT2D eigenvalue weighted by Gasteiger charge is 2.20. The van der Waals surface area contributed by atoms with Crippen molar-refractivity contribution >= 4 is 17.4 Å². The van der Waals surface area contributed by atoms with Gasteiger partial charge in [0.25, 0.3) is 5.91 Å². The van der Waals surface area contributed by atoms with Gasteiger partial charge in [0.05, 0.1) is 19.5 Å². The van der Waals surface area contributed by atoms with Crippen molar-refractivity contribution in [2.75, 3.05) is 56.2 Å². The van der Waals surface area contributed by atoms with Gasteiger partial charge in [-0.25, -0.2) is 9.97 Å². The quantitative estimate of drug-likeness (QED) is 0.779. The van der Waals surface area contributed by atoms with Gasteiger partial charge in [-0.1, -0.05) is 0 Å². The molecule has 0 N–H and O–H groups in total. The number of ether oxygens (including phenoxy) is 1. The summed E-state index contributed by atoms with van der Waals surface area (Å²) in [5, 5.41) is 0. The molecule has 144 valence electrons. The molecule has 0 unspecified atom stereocenters. The summed E-state index contributed by atoms with van der Waals surface area (Å²) in [7, 11) is 1.68. The zero-order valence-electron chi connectivity index (χ0n) is 16.3. The van der Waals surface area contributed by atoms with E-state index in [9.17, 15) is 4.79 Å². The van der Waals surface area contributed by atoms with E-state index in [-0.39, 0.29) is 5.91 Å². The van der Waals surface area contributed by atoms with E-state index in [0.29, 0.717) is 18.8 Å². The highest BCUT2D eigenvalue weighted by molar-refractivity contribution is 5.92. The van der Waals surface area contributed by atoms with Crippen molar-refractivity contribution in [1.82, 2.24) is 14.9 Å². The van der Waals surface area contributed by atoms with Crippen LogP contribution in [-0.2, 0) is 0 Å². The summed E-state index contributed by atoms with van der Waals surface area (Å²) in [6, 6.07) is 8.14. The van der Waals surface area contributed by atoms with Crippen LogP contribution in [0.15, 0.2) is 36.7 Å². The molecule has 0 aliphatic carbocycles. The highest BCUT2D eigenvalue weighted by atomic mass is 16.5.